The Kier molecular flexibility index (Phi) is 8.75. The molecule has 1 aromatic carbocycles. The van der Waals surface area contributed by atoms with Gasteiger partial charge in [-0.15, -0.1) is 0 Å². The van der Waals surface area contributed by atoms with Crippen LogP contribution >= 0.6 is 0 Å². The Hall–Kier alpha value is -2.08. The van der Waals surface area contributed by atoms with Gasteiger partial charge in [-0.2, -0.15) is 0 Å². The molecule has 0 heterocycles. The topological polar surface area (TPSA) is 70.7 Å². The van der Waals surface area contributed by atoms with Crippen LogP contribution in [0.4, 0.5) is 5.69 Å². The van der Waals surface area contributed by atoms with Crippen molar-refractivity contribution in [3.8, 4) is 0 Å². The first kappa shape index (κ1) is 19.0. The Bertz CT molecular complexity index is 486. The van der Waals surface area contributed by atoms with E-state index in [0.29, 0.717) is 25.3 Å². The van der Waals surface area contributed by atoms with E-state index in [9.17, 15) is 9.59 Å². The van der Waals surface area contributed by atoms with E-state index in [1.165, 1.54) is 6.92 Å². The number of unbranched alkanes of at least 4 members (excludes halogenated alkanes) is 1. The lowest BCUT2D eigenvalue weighted by molar-refractivity contribution is -0.118. The van der Waals surface area contributed by atoms with E-state index in [2.05, 4.69) is 10.6 Å². The molecule has 23 heavy (non-hydrogen) atoms. The van der Waals surface area contributed by atoms with Gasteiger partial charge in [0, 0.05) is 32.2 Å². The molecule has 6 heteroatoms. The van der Waals surface area contributed by atoms with Crippen molar-refractivity contribution >= 4 is 17.6 Å². The van der Waals surface area contributed by atoms with Gasteiger partial charge in [0.25, 0.3) is 0 Å². The first-order valence-electron chi connectivity index (χ1n) is 7.89. The van der Waals surface area contributed by atoms with Crippen LogP contribution in [0.1, 0.15) is 30.1 Å². The smallest absolute Gasteiger partial charge is 0.338 e. The van der Waals surface area contributed by atoms with E-state index >= 15 is 0 Å². The summed E-state index contributed by atoms with van der Waals surface area (Å²) in [5.41, 5.74) is 1.52. The number of ether oxygens (including phenoxy) is 1. The van der Waals surface area contributed by atoms with Crippen LogP contribution in [-0.4, -0.2) is 57.1 Å². The zero-order chi connectivity index (χ0) is 17.1. The molecule has 0 aromatic heterocycles. The summed E-state index contributed by atoms with van der Waals surface area (Å²) in [5, 5.41) is 6.05. The zero-order valence-electron chi connectivity index (χ0n) is 14.2. The van der Waals surface area contributed by atoms with Gasteiger partial charge < -0.3 is 20.3 Å². The number of hydrogen-bond donors (Lipinski definition) is 2. The number of nitrogens with zero attached hydrogens (tertiary/aromatic N) is 1. The molecule has 0 aliphatic rings. The standard InChI is InChI=1S/C17H27N3O3/c1-14(21)18-10-4-5-11-19-16-8-6-15(7-9-16)17(22)23-13-12-20(2)3/h6-9,19H,4-5,10-13H2,1-3H3,(H,18,21). The van der Waals surface area contributed by atoms with Crippen LogP contribution in [0.2, 0.25) is 0 Å². The summed E-state index contributed by atoms with van der Waals surface area (Å²) in [4.78, 5) is 24.5. The van der Waals surface area contributed by atoms with E-state index in [1.807, 2.05) is 31.1 Å². The van der Waals surface area contributed by atoms with E-state index in [1.54, 1.807) is 12.1 Å². The summed E-state index contributed by atoms with van der Waals surface area (Å²) in [6.45, 7) is 4.15. The molecule has 0 spiro atoms. The molecule has 0 atom stereocenters. The number of benzene rings is 1. The molecule has 1 amide bonds. The summed E-state index contributed by atoms with van der Waals surface area (Å²) < 4.78 is 5.19. The van der Waals surface area contributed by atoms with Gasteiger partial charge in [0.1, 0.15) is 6.61 Å². The monoisotopic (exact) mass is 321 g/mol. The predicted octanol–water partition coefficient (Wildman–Crippen LogP) is 1.73. The molecule has 0 saturated heterocycles. The maximum atomic E-state index is 11.8. The lowest BCUT2D eigenvalue weighted by Gasteiger charge is -2.10. The summed E-state index contributed by atoms with van der Waals surface area (Å²) >= 11 is 0. The molecule has 0 bridgehead atoms. The van der Waals surface area contributed by atoms with Crippen molar-refractivity contribution in [2.45, 2.75) is 19.8 Å². The van der Waals surface area contributed by atoms with Gasteiger partial charge in [-0.25, -0.2) is 4.79 Å². The third-order valence-electron chi connectivity index (χ3n) is 3.20. The first-order chi connectivity index (χ1) is 11.0. The Labute approximate surface area is 138 Å². The van der Waals surface area contributed by atoms with Crippen LogP contribution < -0.4 is 10.6 Å². The van der Waals surface area contributed by atoms with Crippen molar-refractivity contribution in [1.82, 2.24) is 10.2 Å². The van der Waals surface area contributed by atoms with E-state index in [4.69, 9.17) is 4.74 Å². The average Bonchev–Trinajstić information content (AvgIpc) is 2.50. The number of anilines is 1. The molecular weight excluding hydrogens is 294 g/mol. The number of amides is 1. The van der Waals surface area contributed by atoms with Crippen LogP contribution in [0.5, 0.6) is 0 Å². The number of esters is 1. The van der Waals surface area contributed by atoms with Crippen LogP contribution in [0, 0.1) is 0 Å². The minimum atomic E-state index is -0.297. The maximum Gasteiger partial charge on any atom is 0.338 e. The minimum absolute atomic E-state index is 0.00557. The van der Waals surface area contributed by atoms with Crippen molar-refractivity contribution in [3.05, 3.63) is 29.8 Å². The zero-order valence-corrected chi connectivity index (χ0v) is 14.2. The molecule has 0 saturated carbocycles. The molecule has 0 fully saturated rings. The van der Waals surface area contributed by atoms with E-state index < -0.39 is 0 Å². The molecular formula is C17H27N3O3. The molecule has 0 radical (unpaired) electrons. The van der Waals surface area contributed by atoms with Gasteiger partial charge in [-0.3, -0.25) is 4.79 Å². The van der Waals surface area contributed by atoms with Crippen LogP contribution in [-0.2, 0) is 9.53 Å². The maximum absolute atomic E-state index is 11.8. The molecule has 2 N–H and O–H groups in total. The lowest BCUT2D eigenvalue weighted by Crippen LogP contribution is -2.21. The van der Waals surface area contributed by atoms with Crippen LogP contribution in [0.25, 0.3) is 0 Å². The van der Waals surface area contributed by atoms with E-state index in [-0.39, 0.29) is 11.9 Å². The Morgan fingerprint density at radius 1 is 1.09 bits per heavy atom. The van der Waals surface area contributed by atoms with Gasteiger partial charge in [-0.1, -0.05) is 0 Å². The Morgan fingerprint density at radius 2 is 1.74 bits per heavy atom. The molecule has 1 aromatic rings. The van der Waals surface area contributed by atoms with Crippen molar-refractivity contribution < 1.29 is 14.3 Å². The Balaban J connectivity index is 2.24. The normalized spacial score (nSPS) is 10.4. The summed E-state index contributed by atoms with van der Waals surface area (Å²) in [7, 11) is 3.87. The minimum Gasteiger partial charge on any atom is -0.461 e. The SMILES string of the molecule is CC(=O)NCCCCNc1ccc(C(=O)OCCN(C)C)cc1. The van der Waals surface area contributed by atoms with Crippen LogP contribution in [0.3, 0.4) is 0 Å². The molecule has 0 aliphatic carbocycles. The molecule has 128 valence electrons. The molecule has 0 aliphatic heterocycles. The predicted molar refractivity (Wildman–Crippen MR) is 91.7 cm³/mol. The van der Waals surface area contributed by atoms with Crippen molar-refractivity contribution in [1.29, 1.82) is 0 Å². The number of rotatable bonds is 10. The summed E-state index contributed by atoms with van der Waals surface area (Å²) in [6, 6.07) is 7.27. The highest BCUT2D eigenvalue weighted by Gasteiger charge is 2.06. The number of carbonyl (C=O) groups is 2. The largest absolute Gasteiger partial charge is 0.461 e. The fraction of sp³-hybridized carbons (Fsp3) is 0.529. The number of carbonyl (C=O) groups excluding carboxylic acids is 2. The quantitative estimate of drug-likeness (QED) is 0.507. The Morgan fingerprint density at radius 3 is 2.35 bits per heavy atom. The molecule has 6 nitrogen and oxygen atoms in total. The van der Waals surface area contributed by atoms with Gasteiger partial charge in [0.15, 0.2) is 0 Å². The highest BCUT2D eigenvalue weighted by atomic mass is 16.5. The van der Waals surface area contributed by atoms with Gasteiger partial charge in [-0.05, 0) is 51.2 Å². The highest BCUT2D eigenvalue weighted by Crippen LogP contribution is 2.10. The second-order valence-electron chi connectivity index (χ2n) is 5.63. The molecule has 0 unspecified atom stereocenters. The molecule has 1 rings (SSSR count). The second-order valence-corrected chi connectivity index (χ2v) is 5.63. The summed E-state index contributed by atoms with van der Waals surface area (Å²) in [6.07, 6.45) is 1.90. The van der Waals surface area contributed by atoms with E-state index in [0.717, 1.165) is 25.1 Å². The third kappa shape index (κ3) is 8.83. The average molecular weight is 321 g/mol. The van der Waals surface area contributed by atoms with Crippen molar-refractivity contribution in [2.75, 3.05) is 45.7 Å². The van der Waals surface area contributed by atoms with Gasteiger partial charge in [0.05, 0.1) is 5.56 Å². The van der Waals surface area contributed by atoms with Crippen molar-refractivity contribution in [2.24, 2.45) is 0 Å². The fourth-order valence-electron chi connectivity index (χ4n) is 1.88. The van der Waals surface area contributed by atoms with Gasteiger partial charge >= 0.3 is 5.97 Å². The summed E-state index contributed by atoms with van der Waals surface area (Å²) in [5.74, 6) is -0.292. The number of likely N-dealkylation sites (N-methyl/N-ethyl adjacent to an activating group) is 1. The number of hydrogen-bond acceptors (Lipinski definition) is 5. The van der Waals surface area contributed by atoms with Crippen molar-refractivity contribution in [3.63, 3.8) is 0 Å². The lowest BCUT2D eigenvalue weighted by atomic mass is 10.2. The van der Waals surface area contributed by atoms with Crippen LogP contribution in [0.15, 0.2) is 24.3 Å². The first-order valence-corrected chi connectivity index (χ1v) is 7.89. The third-order valence-corrected chi connectivity index (χ3v) is 3.20. The number of nitrogens with one attached hydrogen (secondary N) is 2. The second kappa shape index (κ2) is 10.6. The fourth-order valence-corrected chi connectivity index (χ4v) is 1.88. The van der Waals surface area contributed by atoms with Gasteiger partial charge in [0.2, 0.25) is 5.91 Å². The highest BCUT2D eigenvalue weighted by molar-refractivity contribution is 5.89.